The minimum Gasteiger partial charge on any atom is -0.496 e. The molecule has 1 atom stereocenters. The van der Waals surface area contributed by atoms with Gasteiger partial charge in [0.2, 0.25) is 0 Å². The van der Waals surface area contributed by atoms with Crippen LogP contribution in [0.5, 0.6) is 5.75 Å². The van der Waals surface area contributed by atoms with E-state index in [1.54, 1.807) is 0 Å². The second-order valence-corrected chi connectivity index (χ2v) is 8.35. The average Bonchev–Trinajstić information content (AvgIpc) is 2.99. The molecule has 178 valence electrons. The van der Waals surface area contributed by atoms with Crippen LogP contribution in [0, 0.1) is 16.0 Å². The van der Waals surface area contributed by atoms with Gasteiger partial charge in [-0.15, -0.1) is 0 Å². The van der Waals surface area contributed by atoms with E-state index in [0.29, 0.717) is 18.8 Å². The lowest BCUT2D eigenvalue weighted by molar-refractivity contribution is -0.384. The van der Waals surface area contributed by atoms with Crippen molar-refractivity contribution in [2.75, 3.05) is 19.0 Å². The van der Waals surface area contributed by atoms with Crippen molar-refractivity contribution < 1.29 is 33.6 Å². The summed E-state index contributed by atoms with van der Waals surface area (Å²) >= 11 is 0. The smallest absolute Gasteiger partial charge is 0.327 e. The number of nitro benzene ring substituents is 1. The van der Waals surface area contributed by atoms with Gasteiger partial charge in [0.1, 0.15) is 23.5 Å². The predicted molar refractivity (Wildman–Crippen MR) is 114 cm³/mol. The van der Waals surface area contributed by atoms with E-state index in [4.69, 9.17) is 9.47 Å². The minimum absolute atomic E-state index is 0.101. The standard InChI is InChI=1S/C21H26N4O8/c1-12-6-8-21(9-7-12)19(28)24(20(29)23-21)11-17(26)33-13(2)18(27)22-15-5-4-14(32-3)10-16(15)25(30)31/h4-5,10,12-13H,6-9,11H2,1-3H3,(H,22,27)(H,23,29). The van der Waals surface area contributed by atoms with Crippen LogP contribution in [0.25, 0.3) is 0 Å². The molecular weight excluding hydrogens is 436 g/mol. The number of anilines is 1. The molecule has 3 rings (SSSR count). The molecule has 2 fully saturated rings. The highest BCUT2D eigenvalue weighted by Crippen LogP contribution is 2.36. The van der Waals surface area contributed by atoms with Crippen molar-refractivity contribution in [3.63, 3.8) is 0 Å². The number of amides is 4. The molecule has 0 bridgehead atoms. The summed E-state index contributed by atoms with van der Waals surface area (Å²) in [5, 5.41) is 16.3. The van der Waals surface area contributed by atoms with Crippen LogP contribution in [0.3, 0.4) is 0 Å². The number of nitrogens with zero attached hydrogens (tertiary/aromatic N) is 2. The van der Waals surface area contributed by atoms with E-state index < -0.39 is 52.6 Å². The fourth-order valence-corrected chi connectivity index (χ4v) is 3.96. The van der Waals surface area contributed by atoms with Crippen LogP contribution in [-0.2, 0) is 19.1 Å². The maximum absolute atomic E-state index is 12.8. The molecule has 0 aromatic heterocycles. The van der Waals surface area contributed by atoms with E-state index in [-0.39, 0.29) is 11.4 Å². The van der Waals surface area contributed by atoms with E-state index in [9.17, 15) is 29.3 Å². The number of ether oxygens (including phenoxy) is 2. The Morgan fingerprint density at radius 3 is 2.61 bits per heavy atom. The van der Waals surface area contributed by atoms with E-state index in [1.165, 1.54) is 26.2 Å². The first kappa shape index (κ1) is 24.0. The SMILES string of the molecule is COc1ccc(NC(=O)C(C)OC(=O)CN2C(=O)NC3(CCC(C)CC3)C2=O)c([N+](=O)[O-])c1. The third kappa shape index (κ3) is 5.04. The van der Waals surface area contributed by atoms with Crippen LogP contribution in [0.2, 0.25) is 0 Å². The summed E-state index contributed by atoms with van der Waals surface area (Å²) in [6, 6.07) is 3.20. The number of nitrogens with one attached hydrogen (secondary N) is 2. The number of carbonyl (C=O) groups excluding carboxylic acids is 4. The Bertz CT molecular complexity index is 986. The quantitative estimate of drug-likeness (QED) is 0.269. The first-order valence-electron chi connectivity index (χ1n) is 10.5. The van der Waals surface area contributed by atoms with Crippen LogP contribution in [0.15, 0.2) is 18.2 Å². The summed E-state index contributed by atoms with van der Waals surface area (Å²) in [5.74, 6) is -1.54. The number of hydrogen-bond acceptors (Lipinski definition) is 8. The minimum atomic E-state index is -1.33. The lowest BCUT2D eigenvalue weighted by Gasteiger charge is -2.33. The van der Waals surface area contributed by atoms with Crippen molar-refractivity contribution in [3.8, 4) is 5.75 Å². The number of carbonyl (C=O) groups is 4. The van der Waals surface area contributed by atoms with Crippen molar-refractivity contribution in [2.45, 2.75) is 51.2 Å². The van der Waals surface area contributed by atoms with E-state index in [2.05, 4.69) is 17.6 Å². The highest BCUT2D eigenvalue weighted by atomic mass is 16.6. The fourth-order valence-electron chi connectivity index (χ4n) is 3.96. The molecule has 1 heterocycles. The van der Waals surface area contributed by atoms with Gasteiger partial charge in [-0.05, 0) is 50.7 Å². The van der Waals surface area contributed by atoms with Crippen molar-refractivity contribution in [3.05, 3.63) is 28.3 Å². The molecule has 1 saturated heterocycles. The zero-order chi connectivity index (χ0) is 24.3. The van der Waals surface area contributed by atoms with Gasteiger partial charge in [-0.2, -0.15) is 0 Å². The van der Waals surface area contributed by atoms with Gasteiger partial charge in [-0.25, -0.2) is 4.79 Å². The summed E-state index contributed by atoms with van der Waals surface area (Å²) in [6.45, 7) is 2.72. The Morgan fingerprint density at radius 2 is 2.00 bits per heavy atom. The van der Waals surface area contributed by atoms with Gasteiger partial charge in [0.15, 0.2) is 6.10 Å². The highest BCUT2D eigenvalue weighted by Gasteiger charge is 2.52. The van der Waals surface area contributed by atoms with Gasteiger partial charge >= 0.3 is 12.0 Å². The molecule has 2 aliphatic rings. The largest absolute Gasteiger partial charge is 0.496 e. The molecule has 4 amide bonds. The van der Waals surface area contributed by atoms with Gasteiger partial charge in [0, 0.05) is 0 Å². The van der Waals surface area contributed by atoms with Crippen LogP contribution < -0.4 is 15.4 Å². The maximum Gasteiger partial charge on any atom is 0.327 e. The number of nitro groups is 1. The number of urea groups is 1. The molecule has 33 heavy (non-hydrogen) atoms. The number of esters is 1. The van der Waals surface area contributed by atoms with Crippen molar-refractivity contribution in [1.29, 1.82) is 0 Å². The molecule has 1 aliphatic carbocycles. The third-order valence-corrected chi connectivity index (χ3v) is 6.00. The molecule has 1 spiro atoms. The van der Waals surface area contributed by atoms with Crippen LogP contribution in [-0.4, -0.2) is 58.9 Å². The topological polar surface area (TPSA) is 157 Å². The second-order valence-electron chi connectivity index (χ2n) is 8.35. The van der Waals surface area contributed by atoms with E-state index in [1.807, 2.05) is 0 Å². The Balaban J connectivity index is 1.60. The molecule has 2 N–H and O–H groups in total. The van der Waals surface area contributed by atoms with Gasteiger partial charge in [-0.1, -0.05) is 6.92 Å². The monoisotopic (exact) mass is 462 g/mol. The summed E-state index contributed by atoms with van der Waals surface area (Å²) in [6.07, 6.45) is 1.26. The molecular formula is C21H26N4O8. The predicted octanol–water partition coefficient (Wildman–Crippen LogP) is 1.97. The zero-order valence-electron chi connectivity index (χ0n) is 18.6. The molecule has 1 aromatic carbocycles. The zero-order valence-corrected chi connectivity index (χ0v) is 18.6. The first-order chi connectivity index (χ1) is 15.6. The summed E-state index contributed by atoms with van der Waals surface area (Å²) in [4.78, 5) is 61.3. The highest BCUT2D eigenvalue weighted by molar-refractivity contribution is 6.09. The first-order valence-corrected chi connectivity index (χ1v) is 10.5. The molecule has 1 aromatic rings. The van der Waals surface area contributed by atoms with Crippen LogP contribution in [0.1, 0.15) is 39.5 Å². The lowest BCUT2D eigenvalue weighted by atomic mass is 9.77. The Hall–Kier alpha value is -3.70. The molecule has 1 saturated carbocycles. The van der Waals surface area contributed by atoms with E-state index in [0.717, 1.165) is 23.8 Å². The number of imide groups is 1. The summed E-state index contributed by atoms with van der Waals surface area (Å²) < 4.78 is 10.0. The Morgan fingerprint density at radius 1 is 1.33 bits per heavy atom. The maximum atomic E-state index is 12.8. The van der Waals surface area contributed by atoms with Gasteiger partial charge in [0.25, 0.3) is 17.5 Å². The second kappa shape index (κ2) is 9.43. The number of hydrogen-bond donors (Lipinski definition) is 2. The van der Waals surface area contributed by atoms with Crippen molar-refractivity contribution in [1.82, 2.24) is 10.2 Å². The average molecular weight is 462 g/mol. The van der Waals surface area contributed by atoms with E-state index >= 15 is 0 Å². The van der Waals surface area contributed by atoms with Crippen LogP contribution >= 0.6 is 0 Å². The Labute approximate surface area is 189 Å². The fraction of sp³-hybridized carbons (Fsp3) is 0.524. The van der Waals surface area contributed by atoms with Crippen molar-refractivity contribution >= 4 is 35.2 Å². The summed E-state index contributed by atoms with van der Waals surface area (Å²) in [5.41, 5.74) is -1.48. The van der Waals surface area contributed by atoms with Crippen LogP contribution in [0.4, 0.5) is 16.2 Å². The van der Waals surface area contributed by atoms with Gasteiger partial charge in [-0.3, -0.25) is 29.4 Å². The molecule has 12 heteroatoms. The molecule has 1 aliphatic heterocycles. The molecule has 0 radical (unpaired) electrons. The normalized spacial score (nSPS) is 23.1. The van der Waals surface area contributed by atoms with Crippen molar-refractivity contribution in [2.24, 2.45) is 5.92 Å². The number of methoxy groups -OCH3 is 1. The third-order valence-electron chi connectivity index (χ3n) is 6.00. The number of benzene rings is 1. The summed E-state index contributed by atoms with van der Waals surface area (Å²) in [7, 11) is 1.35. The lowest BCUT2D eigenvalue weighted by Crippen LogP contribution is -2.49. The molecule has 12 nitrogen and oxygen atoms in total. The van der Waals surface area contributed by atoms with Gasteiger partial charge < -0.3 is 20.1 Å². The van der Waals surface area contributed by atoms with Gasteiger partial charge in [0.05, 0.1) is 18.1 Å². The molecule has 1 unspecified atom stereocenters. The Kier molecular flexibility index (Phi) is 6.84. The number of rotatable bonds is 7.